The summed E-state index contributed by atoms with van der Waals surface area (Å²) >= 11 is 1.49. The van der Waals surface area contributed by atoms with Crippen molar-refractivity contribution in [2.24, 2.45) is 0 Å². The van der Waals surface area contributed by atoms with Gasteiger partial charge in [0.2, 0.25) is 10.0 Å². The fourth-order valence-corrected chi connectivity index (χ4v) is 5.07. The standard InChI is InChI=1S/C14H22N2O3S2/c1-14(6-2-7-19-14)10-16-21(17,18)13-5-8-20-12(13)9-15-11-3-4-11/h5,8,11,15-16H,2-4,6-7,9-10H2,1H3. The van der Waals surface area contributed by atoms with Crippen molar-refractivity contribution in [1.29, 1.82) is 0 Å². The summed E-state index contributed by atoms with van der Waals surface area (Å²) in [5.74, 6) is 0. The first-order valence-electron chi connectivity index (χ1n) is 7.42. The van der Waals surface area contributed by atoms with E-state index >= 15 is 0 Å². The Labute approximate surface area is 130 Å². The summed E-state index contributed by atoms with van der Waals surface area (Å²) in [6.45, 7) is 3.64. The first-order chi connectivity index (χ1) is 9.99. The zero-order valence-corrected chi connectivity index (χ0v) is 13.9. The second-order valence-corrected chi connectivity index (χ2v) is 8.83. The van der Waals surface area contributed by atoms with E-state index < -0.39 is 10.0 Å². The Bertz CT molecular complexity index is 587. The molecule has 1 saturated heterocycles. The van der Waals surface area contributed by atoms with Crippen LogP contribution in [0.15, 0.2) is 16.3 Å². The van der Waals surface area contributed by atoms with Gasteiger partial charge in [0.1, 0.15) is 0 Å². The van der Waals surface area contributed by atoms with Crippen LogP contribution in [0.3, 0.4) is 0 Å². The van der Waals surface area contributed by atoms with Gasteiger partial charge in [-0.25, -0.2) is 13.1 Å². The van der Waals surface area contributed by atoms with E-state index in [9.17, 15) is 8.42 Å². The molecule has 21 heavy (non-hydrogen) atoms. The molecule has 1 aliphatic carbocycles. The van der Waals surface area contributed by atoms with E-state index in [0.717, 1.165) is 17.7 Å². The second kappa shape index (κ2) is 5.96. The Morgan fingerprint density at radius 2 is 2.29 bits per heavy atom. The summed E-state index contributed by atoms with van der Waals surface area (Å²) in [4.78, 5) is 1.29. The van der Waals surface area contributed by atoms with E-state index in [0.29, 0.717) is 30.6 Å². The third-order valence-electron chi connectivity index (χ3n) is 4.06. The molecule has 0 radical (unpaired) electrons. The predicted molar refractivity (Wildman–Crippen MR) is 83.0 cm³/mol. The SMILES string of the molecule is CC1(CNS(=O)(=O)c2ccsc2CNC2CC2)CCCO1. The quantitative estimate of drug-likeness (QED) is 0.801. The van der Waals surface area contributed by atoms with Gasteiger partial charge < -0.3 is 10.1 Å². The summed E-state index contributed by atoms with van der Waals surface area (Å²) in [6.07, 6.45) is 4.28. The number of sulfonamides is 1. The summed E-state index contributed by atoms with van der Waals surface area (Å²) < 4.78 is 33.3. The minimum Gasteiger partial charge on any atom is -0.374 e. The average molecular weight is 330 g/mol. The van der Waals surface area contributed by atoms with Crippen LogP contribution < -0.4 is 10.0 Å². The Balaban J connectivity index is 1.64. The Hall–Kier alpha value is -0.470. The number of hydrogen-bond donors (Lipinski definition) is 2. The molecule has 1 aliphatic heterocycles. The summed E-state index contributed by atoms with van der Waals surface area (Å²) in [5.41, 5.74) is -0.366. The molecule has 7 heteroatoms. The van der Waals surface area contributed by atoms with E-state index in [-0.39, 0.29) is 5.60 Å². The molecule has 118 valence electrons. The number of rotatable bonds is 7. The van der Waals surface area contributed by atoms with Crippen molar-refractivity contribution >= 4 is 21.4 Å². The molecule has 0 spiro atoms. The maximum atomic E-state index is 12.5. The lowest BCUT2D eigenvalue weighted by atomic mass is 10.0. The molecule has 2 heterocycles. The van der Waals surface area contributed by atoms with Gasteiger partial charge in [0.05, 0.1) is 10.5 Å². The lowest BCUT2D eigenvalue weighted by Gasteiger charge is -2.23. The van der Waals surface area contributed by atoms with E-state index in [2.05, 4.69) is 10.0 Å². The minimum absolute atomic E-state index is 0.334. The molecule has 2 N–H and O–H groups in total. The summed E-state index contributed by atoms with van der Waals surface area (Å²) in [5, 5.41) is 5.21. The molecule has 0 amide bonds. The van der Waals surface area contributed by atoms with Crippen LogP contribution in [0.5, 0.6) is 0 Å². The Morgan fingerprint density at radius 3 is 2.95 bits per heavy atom. The molecule has 1 aromatic rings. The largest absolute Gasteiger partial charge is 0.374 e. The van der Waals surface area contributed by atoms with Crippen molar-refractivity contribution in [3.05, 3.63) is 16.3 Å². The van der Waals surface area contributed by atoms with Gasteiger partial charge in [-0.2, -0.15) is 0 Å². The van der Waals surface area contributed by atoms with Gasteiger partial charge in [0, 0.05) is 30.6 Å². The lowest BCUT2D eigenvalue weighted by Crippen LogP contribution is -2.40. The third-order valence-corrected chi connectivity index (χ3v) is 6.60. The van der Waals surface area contributed by atoms with Crippen molar-refractivity contribution in [3.8, 4) is 0 Å². The Morgan fingerprint density at radius 1 is 1.48 bits per heavy atom. The van der Waals surface area contributed by atoms with Gasteiger partial charge in [-0.3, -0.25) is 0 Å². The molecule has 2 aliphatic rings. The first-order valence-corrected chi connectivity index (χ1v) is 9.78. The van der Waals surface area contributed by atoms with Crippen LogP contribution in [0, 0.1) is 0 Å². The fourth-order valence-electron chi connectivity index (χ4n) is 2.52. The number of thiophene rings is 1. The van der Waals surface area contributed by atoms with Gasteiger partial charge in [0.25, 0.3) is 0 Å². The van der Waals surface area contributed by atoms with Gasteiger partial charge in [-0.15, -0.1) is 11.3 Å². The van der Waals surface area contributed by atoms with Crippen molar-refractivity contribution in [3.63, 3.8) is 0 Å². The van der Waals surface area contributed by atoms with Crippen LogP contribution in [-0.2, 0) is 21.3 Å². The molecule has 3 rings (SSSR count). The normalized spacial score (nSPS) is 26.3. The Kier molecular flexibility index (Phi) is 4.38. The maximum absolute atomic E-state index is 12.5. The highest BCUT2D eigenvalue weighted by Crippen LogP contribution is 2.27. The number of ether oxygens (including phenoxy) is 1. The van der Waals surface area contributed by atoms with Crippen LogP contribution in [0.1, 0.15) is 37.5 Å². The number of nitrogens with one attached hydrogen (secondary N) is 2. The van der Waals surface area contributed by atoms with Crippen LogP contribution in [-0.4, -0.2) is 33.2 Å². The summed E-state index contributed by atoms with van der Waals surface area (Å²) in [7, 11) is -3.46. The van der Waals surface area contributed by atoms with Gasteiger partial charge >= 0.3 is 0 Å². The van der Waals surface area contributed by atoms with Crippen LogP contribution in [0.2, 0.25) is 0 Å². The number of hydrogen-bond acceptors (Lipinski definition) is 5. The zero-order valence-electron chi connectivity index (χ0n) is 12.2. The third kappa shape index (κ3) is 3.84. The molecule has 1 saturated carbocycles. The highest BCUT2D eigenvalue weighted by molar-refractivity contribution is 7.89. The van der Waals surface area contributed by atoms with Gasteiger partial charge in [-0.1, -0.05) is 0 Å². The smallest absolute Gasteiger partial charge is 0.241 e. The first kappa shape index (κ1) is 15.4. The topological polar surface area (TPSA) is 67.4 Å². The molecule has 2 fully saturated rings. The van der Waals surface area contributed by atoms with Crippen LogP contribution >= 0.6 is 11.3 Å². The zero-order chi connectivity index (χ0) is 14.9. The average Bonchev–Trinajstić information content (AvgIpc) is 2.97. The highest BCUT2D eigenvalue weighted by atomic mass is 32.2. The van der Waals surface area contributed by atoms with E-state index in [1.165, 1.54) is 24.2 Å². The molecule has 5 nitrogen and oxygen atoms in total. The van der Waals surface area contributed by atoms with Crippen molar-refractivity contribution < 1.29 is 13.2 Å². The molecular formula is C14H22N2O3S2. The molecular weight excluding hydrogens is 308 g/mol. The molecule has 1 aromatic heterocycles. The molecule has 0 aromatic carbocycles. The van der Waals surface area contributed by atoms with Crippen LogP contribution in [0.4, 0.5) is 0 Å². The fraction of sp³-hybridized carbons (Fsp3) is 0.714. The minimum atomic E-state index is -3.46. The van der Waals surface area contributed by atoms with Crippen LogP contribution in [0.25, 0.3) is 0 Å². The monoisotopic (exact) mass is 330 g/mol. The van der Waals surface area contributed by atoms with Crippen molar-refractivity contribution in [2.45, 2.75) is 55.7 Å². The predicted octanol–water partition coefficient (Wildman–Crippen LogP) is 1.85. The lowest BCUT2D eigenvalue weighted by molar-refractivity contribution is 0.0250. The van der Waals surface area contributed by atoms with E-state index in [1.807, 2.05) is 12.3 Å². The van der Waals surface area contributed by atoms with Crippen molar-refractivity contribution in [1.82, 2.24) is 10.0 Å². The molecule has 0 bridgehead atoms. The maximum Gasteiger partial charge on any atom is 0.241 e. The van der Waals surface area contributed by atoms with E-state index in [1.54, 1.807) is 6.07 Å². The van der Waals surface area contributed by atoms with Crippen molar-refractivity contribution in [2.75, 3.05) is 13.2 Å². The molecule has 1 unspecified atom stereocenters. The van der Waals surface area contributed by atoms with Gasteiger partial charge in [0.15, 0.2) is 0 Å². The second-order valence-electron chi connectivity index (χ2n) is 6.09. The molecule has 1 atom stereocenters. The van der Waals surface area contributed by atoms with E-state index in [4.69, 9.17) is 4.74 Å². The highest BCUT2D eigenvalue weighted by Gasteiger charge is 2.32. The summed E-state index contributed by atoms with van der Waals surface area (Å²) in [6, 6.07) is 2.26. The van der Waals surface area contributed by atoms with Gasteiger partial charge in [-0.05, 0) is 44.1 Å².